The number of hydrogen-bond acceptors (Lipinski definition) is 3. The number of sulfonamides is 1. The normalized spacial score (nSPS) is 19.8. The molecule has 0 aliphatic carbocycles. The Kier molecular flexibility index (Phi) is 5.64. The van der Waals surface area contributed by atoms with E-state index in [4.69, 9.17) is 5.73 Å². The minimum atomic E-state index is -3.67. The van der Waals surface area contributed by atoms with E-state index in [-0.39, 0.29) is 17.9 Å². The number of rotatable bonds is 4. The number of nitrogens with zero attached hydrogens (tertiary/aromatic N) is 1. The molecule has 5 nitrogen and oxygen atoms in total. The number of primary amides is 1. The summed E-state index contributed by atoms with van der Waals surface area (Å²) >= 11 is 0. The molecule has 1 heterocycles. The number of aryl methyl sites for hydroxylation is 1. The van der Waals surface area contributed by atoms with Crippen LogP contribution >= 0.6 is 0 Å². The van der Waals surface area contributed by atoms with Crippen molar-refractivity contribution < 1.29 is 13.2 Å². The van der Waals surface area contributed by atoms with Crippen molar-refractivity contribution in [3.05, 3.63) is 28.8 Å². The molecule has 1 atom stereocenters. The number of benzene rings is 1. The summed E-state index contributed by atoms with van der Waals surface area (Å²) in [6.45, 7) is 10.5. The van der Waals surface area contributed by atoms with E-state index >= 15 is 0 Å². The van der Waals surface area contributed by atoms with Gasteiger partial charge in [-0.15, -0.1) is 0 Å². The number of carbonyl (C=O) groups excluding carboxylic acids is 1. The molecule has 0 bridgehead atoms. The number of piperidine rings is 1. The second kappa shape index (κ2) is 7.08. The number of carbonyl (C=O) groups is 1. The van der Waals surface area contributed by atoms with E-state index in [1.807, 2.05) is 13.8 Å². The van der Waals surface area contributed by atoms with Crippen molar-refractivity contribution in [1.29, 1.82) is 0 Å². The summed E-state index contributed by atoms with van der Waals surface area (Å²) in [7, 11) is -3.67. The van der Waals surface area contributed by atoms with Gasteiger partial charge in [0.1, 0.15) is 0 Å². The molecule has 2 N–H and O–H groups in total. The largest absolute Gasteiger partial charge is 0.370 e. The van der Waals surface area contributed by atoms with Crippen molar-refractivity contribution in [3.8, 4) is 0 Å². The second-order valence-electron chi connectivity index (χ2n) is 8.10. The molecule has 2 rings (SSSR count). The van der Waals surface area contributed by atoms with E-state index in [9.17, 15) is 13.2 Å². The van der Waals surface area contributed by atoms with E-state index in [1.165, 1.54) is 4.31 Å². The fourth-order valence-electron chi connectivity index (χ4n) is 3.38. The predicted octanol–water partition coefficient (Wildman–Crippen LogP) is 3.02. The Balaban J connectivity index is 2.54. The molecule has 1 aliphatic heterocycles. The minimum Gasteiger partial charge on any atom is -0.370 e. The molecule has 0 saturated carbocycles. The third-order valence-electron chi connectivity index (χ3n) is 5.08. The summed E-state index contributed by atoms with van der Waals surface area (Å²) in [5, 5.41) is 0. The van der Waals surface area contributed by atoms with Crippen molar-refractivity contribution in [2.24, 2.45) is 5.73 Å². The highest BCUT2D eigenvalue weighted by molar-refractivity contribution is 7.89. The molecular weight excluding hydrogens is 336 g/mol. The van der Waals surface area contributed by atoms with Gasteiger partial charge in [-0.2, -0.15) is 4.31 Å². The zero-order chi connectivity index (χ0) is 19.0. The molecule has 1 aromatic carbocycles. The van der Waals surface area contributed by atoms with Crippen LogP contribution < -0.4 is 5.73 Å². The lowest BCUT2D eigenvalue weighted by Gasteiger charge is -2.35. The maximum Gasteiger partial charge on any atom is 0.243 e. The standard InChI is InChI=1S/C19H30N2O3S/c1-13-10-15(19(3,4)5)11-17(14(13)2)25(23,24)21-9-7-6-8-16(21)12-18(20)22/h10-11,16H,6-9,12H2,1-5H3,(H2,20,22). The van der Waals surface area contributed by atoms with E-state index in [0.29, 0.717) is 17.9 Å². The van der Waals surface area contributed by atoms with E-state index in [1.54, 1.807) is 6.07 Å². The Morgan fingerprint density at radius 1 is 1.24 bits per heavy atom. The average molecular weight is 367 g/mol. The maximum absolute atomic E-state index is 13.4. The molecule has 1 unspecified atom stereocenters. The first-order valence-electron chi connectivity index (χ1n) is 8.86. The lowest BCUT2D eigenvalue weighted by molar-refractivity contribution is -0.119. The van der Waals surface area contributed by atoms with Crippen LogP contribution in [0, 0.1) is 13.8 Å². The quantitative estimate of drug-likeness (QED) is 0.889. The second-order valence-corrected chi connectivity index (χ2v) is 9.96. The monoisotopic (exact) mass is 366 g/mol. The van der Waals surface area contributed by atoms with Crippen LogP contribution in [0.15, 0.2) is 17.0 Å². The van der Waals surface area contributed by atoms with Gasteiger partial charge in [-0.3, -0.25) is 4.79 Å². The van der Waals surface area contributed by atoms with Gasteiger partial charge < -0.3 is 5.73 Å². The molecule has 1 amide bonds. The van der Waals surface area contributed by atoms with E-state index in [2.05, 4.69) is 26.8 Å². The zero-order valence-corrected chi connectivity index (χ0v) is 16.7. The summed E-state index contributed by atoms with van der Waals surface area (Å²) in [5.74, 6) is -0.455. The first-order chi connectivity index (χ1) is 11.4. The first-order valence-corrected chi connectivity index (χ1v) is 10.3. The Morgan fingerprint density at radius 3 is 2.44 bits per heavy atom. The number of nitrogens with two attached hydrogens (primary N) is 1. The summed E-state index contributed by atoms with van der Waals surface area (Å²) in [4.78, 5) is 11.7. The lowest BCUT2D eigenvalue weighted by Crippen LogP contribution is -2.45. The van der Waals surface area contributed by atoms with Crippen molar-refractivity contribution in [2.75, 3.05) is 6.54 Å². The summed E-state index contributed by atoms with van der Waals surface area (Å²) in [5.41, 5.74) is 7.94. The summed E-state index contributed by atoms with van der Waals surface area (Å²) < 4.78 is 28.3. The molecular formula is C19H30N2O3S. The molecule has 1 fully saturated rings. The SMILES string of the molecule is Cc1cc(C(C)(C)C)cc(S(=O)(=O)N2CCCCC2CC(N)=O)c1C. The maximum atomic E-state index is 13.4. The van der Waals surface area contributed by atoms with Gasteiger partial charge in [-0.1, -0.05) is 33.3 Å². The van der Waals surface area contributed by atoms with Gasteiger partial charge >= 0.3 is 0 Å². The molecule has 1 saturated heterocycles. The molecule has 0 radical (unpaired) electrons. The summed E-state index contributed by atoms with van der Waals surface area (Å²) in [6.07, 6.45) is 2.49. The number of amides is 1. The van der Waals surface area contributed by atoms with Crippen molar-refractivity contribution in [1.82, 2.24) is 4.31 Å². The zero-order valence-electron chi connectivity index (χ0n) is 15.9. The van der Waals surface area contributed by atoms with Crippen molar-refractivity contribution in [2.45, 2.75) is 76.7 Å². The Bertz CT molecular complexity index is 764. The van der Waals surface area contributed by atoms with Gasteiger partial charge in [-0.25, -0.2) is 8.42 Å². The predicted molar refractivity (Wildman–Crippen MR) is 100.0 cm³/mol. The van der Waals surface area contributed by atoms with Crippen molar-refractivity contribution >= 4 is 15.9 Å². The lowest BCUT2D eigenvalue weighted by atomic mass is 9.85. The number of hydrogen-bond donors (Lipinski definition) is 1. The molecule has 0 spiro atoms. The van der Waals surface area contributed by atoms with Gasteiger partial charge in [0.15, 0.2) is 0 Å². The van der Waals surface area contributed by atoms with Crippen LogP contribution in [0.4, 0.5) is 0 Å². The van der Waals surface area contributed by atoms with Crippen molar-refractivity contribution in [3.63, 3.8) is 0 Å². The average Bonchev–Trinajstić information content (AvgIpc) is 2.48. The highest BCUT2D eigenvalue weighted by atomic mass is 32.2. The van der Waals surface area contributed by atoms with Gasteiger partial charge in [0.25, 0.3) is 0 Å². The fourth-order valence-corrected chi connectivity index (χ4v) is 5.40. The third kappa shape index (κ3) is 4.23. The molecule has 1 aromatic rings. The van der Waals surface area contributed by atoms with Crippen LogP contribution in [0.1, 0.15) is 63.1 Å². The first kappa shape index (κ1) is 19.9. The third-order valence-corrected chi connectivity index (χ3v) is 7.16. The van der Waals surface area contributed by atoms with Gasteiger partial charge in [0, 0.05) is 19.0 Å². The Hall–Kier alpha value is -1.40. The topological polar surface area (TPSA) is 80.5 Å². The van der Waals surface area contributed by atoms with E-state index < -0.39 is 15.9 Å². The highest BCUT2D eigenvalue weighted by Crippen LogP contribution is 2.33. The Morgan fingerprint density at radius 2 is 1.88 bits per heavy atom. The summed E-state index contributed by atoms with van der Waals surface area (Å²) in [6, 6.07) is 3.52. The smallest absolute Gasteiger partial charge is 0.243 e. The van der Waals surface area contributed by atoms with Gasteiger partial charge in [-0.05, 0) is 54.9 Å². The van der Waals surface area contributed by atoms with Crippen LogP contribution in [0.5, 0.6) is 0 Å². The molecule has 0 aromatic heterocycles. The van der Waals surface area contributed by atoms with Gasteiger partial charge in [0.2, 0.25) is 15.9 Å². The van der Waals surface area contributed by atoms with E-state index in [0.717, 1.165) is 29.5 Å². The van der Waals surface area contributed by atoms with Crippen LogP contribution in [-0.4, -0.2) is 31.2 Å². The fraction of sp³-hybridized carbons (Fsp3) is 0.632. The van der Waals surface area contributed by atoms with Gasteiger partial charge in [0.05, 0.1) is 4.90 Å². The Labute approximate surface area is 151 Å². The van der Waals surface area contributed by atoms with Crippen LogP contribution in [0.2, 0.25) is 0 Å². The van der Waals surface area contributed by atoms with Crippen LogP contribution in [0.25, 0.3) is 0 Å². The molecule has 1 aliphatic rings. The minimum absolute atomic E-state index is 0.0796. The van der Waals surface area contributed by atoms with Crippen LogP contribution in [-0.2, 0) is 20.2 Å². The molecule has 25 heavy (non-hydrogen) atoms. The molecule has 140 valence electrons. The van der Waals surface area contributed by atoms with Crippen LogP contribution in [0.3, 0.4) is 0 Å². The molecule has 6 heteroatoms. The highest BCUT2D eigenvalue weighted by Gasteiger charge is 2.36.